The van der Waals surface area contributed by atoms with E-state index in [4.69, 9.17) is 11.6 Å². The van der Waals surface area contributed by atoms with Crippen LogP contribution in [0, 0.1) is 0 Å². The van der Waals surface area contributed by atoms with E-state index in [1.54, 1.807) is 31.2 Å². The summed E-state index contributed by atoms with van der Waals surface area (Å²) >= 11 is 5.81. The predicted octanol–water partition coefficient (Wildman–Crippen LogP) is -0.413. The van der Waals surface area contributed by atoms with Gasteiger partial charge in [0.15, 0.2) is 0 Å². The van der Waals surface area contributed by atoms with Crippen LogP contribution in [0.1, 0.15) is 18.1 Å². The minimum atomic E-state index is -1.23. The van der Waals surface area contributed by atoms with Gasteiger partial charge in [-0.1, -0.05) is 77.7 Å². The summed E-state index contributed by atoms with van der Waals surface area (Å²) in [5.74, 6) is 0. The van der Waals surface area contributed by atoms with Crippen molar-refractivity contribution in [3.63, 3.8) is 0 Å². The van der Waals surface area contributed by atoms with E-state index in [9.17, 15) is 5.11 Å². The van der Waals surface area contributed by atoms with Gasteiger partial charge in [0, 0.05) is 5.02 Å². The van der Waals surface area contributed by atoms with Crippen molar-refractivity contribution in [3.05, 3.63) is 70.7 Å². The first-order chi connectivity index (χ1) is 7.60. The van der Waals surface area contributed by atoms with Gasteiger partial charge in [-0.25, -0.2) is 0 Å². The van der Waals surface area contributed by atoms with Crippen LogP contribution in [0.2, 0.25) is 5.02 Å². The summed E-state index contributed by atoms with van der Waals surface area (Å²) in [4.78, 5) is 0. The molecule has 18 heavy (non-hydrogen) atoms. The van der Waals surface area contributed by atoms with E-state index in [0.717, 1.165) is 11.1 Å². The van der Waals surface area contributed by atoms with Crippen LogP contribution >= 0.6 is 11.6 Å². The Morgan fingerprint density at radius 3 is 1.83 bits per heavy atom. The molecular weight excluding hydrogens is 324 g/mol. The molecule has 0 radical (unpaired) electrons. The quantitative estimate of drug-likeness (QED) is 0.684. The summed E-state index contributed by atoms with van der Waals surface area (Å²) in [7, 11) is 0. The Labute approximate surface area is 139 Å². The smallest absolute Gasteiger partial charge is 1.00 e. The Hall–Kier alpha value is -0.0638. The molecule has 0 heterocycles. The van der Waals surface area contributed by atoms with Crippen molar-refractivity contribution >= 4 is 34.7 Å². The van der Waals surface area contributed by atoms with Gasteiger partial charge in [0.2, 0.25) is 0 Å². The summed E-state index contributed by atoms with van der Waals surface area (Å²) in [6.07, 6.45) is 0. The van der Waals surface area contributed by atoms with Crippen LogP contribution in [-0.4, -0.2) is 23.1 Å². The number of benzene rings is 2. The van der Waals surface area contributed by atoms with Gasteiger partial charge in [-0.15, -0.1) is 0 Å². The molecule has 1 nitrogen and oxygen atoms in total. The fourth-order valence-electron chi connectivity index (χ4n) is 1.69. The van der Waals surface area contributed by atoms with E-state index >= 15 is 0 Å². The van der Waals surface area contributed by atoms with Crippen LogP contribution in [0.5, 0.6) is 0 Å². The fourth-order valence-corrected chi connectivity index (χ4v) is 1.82. The molecule has 0 aliphatic heterocycles. The van der Waals surface area contributed by atoms with Gasteiger partial charge in [0.1, 0.15) is 0 Å². The van der Waals surface area contributed by atoms with Crippen LogP contribution in [0.3, 0.4) is 0 Å². The van der Waals surface area contributed by atoms with Crippen LogP contribution in [-0.2, 0) is 5.60 Å². The molecule has 0 bridgehead atoms. The second-order valence-electron chi connectivity index (χ2n) is 3.91. The maximum atomic E-state index is 12.6. The molecule has 4 heteroatoms. The summed E-state index contributed by atoms with van der Waals surface area (Å²) in [6, 6.07) is 16.4. The molecule has 2 aromatic carbocycles. The third-order valence-electron chi connectivity index (χ3n) is 2.72. The average molecular weight is 336 g/mol. The van der Waals surface area contributed by atoms with E-state index in [1.165, 1.54) is 0 Å². The van der Waals surface area contributed by atoms with Crippen molar-refractivity contribution in [1.82, 2.24) is 0 Å². The summed E-state index contributed by atoms with van der Waals surface area (Å²) in [6.45, 7) is 1.67. The monoisotopic (exact) mass is 334 g/mol. The first-order valence-corrected chi connectivity index (χ1v) is 5.50. The predicted molar refractivity (Wildman–Crippen MR) is 70.1 cm³/mol. The summed E-state index contributed by atoms with van der Waals surface area (Å²) < 4.78 is 0. The van der Waals surface area contributed by atoms with E-state index in [0.29, 0.717) is 5.02 Å². The molecule has 2 aromatic rings. The Balaban J connectivity index is 0.00000144. The van der Waals surface area contributed by atoms with Crippen LogP contribution in [0.15, 0.2) is 54.6 Å². The molecule has 90 valence electrons. The Morgan fingerprint density at radius 1 is 0.889 bits per heavy atom. The third-order valence-corrected chi connectivity index (χ3v) is 2.97. The number of hydrogen-bond acceptors (Lipinski definition) is 1. The zero-order chi connectivity index (χ0) is 11.6. The van der Waals surface area contributed by atoms with Crippen molar-refractivity contribution in [2.75, 3.05) is 0 Å². The zero-order valence-electron chi connectivity index (χ0n) is 10.1. The van der Waals surface area contributed by atoms with Crippen molar-refractivity contribution in [2.45, 2.75) is 12.5 Å². The van der Waals surface area contributed by atoms with E-state index in [1.807, 2.05) is 30.3 Å². The standard InChI is InChI=1S/C14H12ClO.BrH.Mg/c1-14(16,11-5-3-2-4-6-11)12-7-9-13(15)10-8-12;;/h2-10H,1H3;1H;/q-1;;+2/p-1. The molecule has 0 aliphatic carbocycles. The molecule has 0 amide bonds. The molecule has 0 aromatic heterocycles. The first kappa shape index (κ1) is 17.9. The molecule has 0 aliphatic rings. The topological polar surface area (TPSA) is 23.1 Å². The molecule has 1 unspecified atom stereocenters. The summed E-state index contributed by atoms with van der Waals surface area (Å²) in [5, 5.41) is 13.2. The zero-order valence-corrected chi connectivity index (χ0v) is 13.8. The Bertz CT molecular complexity index is 471. The van der Waals surface area contributed by atoms with Crippen molar-refractivity contribution in [3.8, 4) is 0 Å². The van der Waals surface area contributed by atoms with Crippen LogP contribution in [0.4, 0.5) is 0 Å². The first-order valence-electron chi connectivity index (χ1n) is 5.13. The van der Waals surface area contributed by atoms with Gasteiger partial charge >= 0.3 is 23.1 Å². The molecule has 0 spiro atoms. The van der Waals surface area contributed by atoms with Crippen molar-refractivity contribution in [2.24, 2.45) is 0 Å². The third kappa shape index (κ3) is 3.97. The number of hydrogen-bond donors (Lipinski definition) is 0. The molecule has 0 fully saturated rings. The number of rotatable bonds is 2. The van der Waals surface area contributed by atoms with Crippen LogP contribution in [0.25, 0.3) is 0 Å². The molecule has 0 N–H and O–H groups in total. The molecule has 1 atom stereocenters. The fraction of sp³-hybridized carbons (Fsp3) is 0.143. The minimum Gasteiger partial charge on any atom is -1.00 e. The largest absolute Gasteiger partial charge is 2.00 e. The van der Waals surface area contributed by atoms with Crippen molar-refractivity contribution in [1.29, 1.82) is 0 Å². The van der Waals surface area contributed by atoms with Gasteiger partial charge in [-0.05, 0) is 12.1 Å². The normalized spacial score (nSPS) is 12.8. The van der Waals surface area contributed by atoms with Gasteiger partial charge in [-0.2, -0.15) is 0 Å². The number of halogens is 2. The Kier molecular flexibility index (Phi) is 7.48. The Morgan fingerprint density at radius 2 is 1.33 bits per heavy atom. The van der Waals surface area contributed by atoms with E-state index in [-0.39, 0.29) is 40.0 Å². The second kappa shape index (κ2) is 7.51. The van der Waals surface area contributed by atoms with Gasteiger partial charge in [0.25, 0.3) is 0 Å². The van der Waals surface area contributed by atoms with E-state index < -0.39 is 5.60 Å². The van der Waals surface area contributed by atoms with Gasteiger partial charge in [-0.3, -0.25) is 0 Å². The van der Waals surface area contributed by atoms with Gasteiger partial charge < -0.3 is 22.1 Å². The van der Waals surface area contributed by atoms with Crippen molar-refractivity contribution < 1.29 is 22.1 Å². The minimum absolute atomic E-state index is 0. The van der Waals surface area contributed by atoms with Gasteiger partial charge in [0.05, 0.1) is 0 Å². The van der Waals surface area contributed by atoms with Crippen LogP contribution < -0.4 is 22.1 Å². The molecule has 0 saturated heterocycles. The van der Waals surface area contributed by atoms with E-state index in [2.05, 4.69) is 0 Å². The SMILES string of the molecule is CC([O-])(c1ccccc1)c1ccc(Cl)cc1.[Br-].[Mg+2]. The second-order valence-corrected chi connectivity index (χ2v) is 4.34. The summed E-state index contributed by atoms with van der Waals surface area (Å²) in [5.41, 5.74) is 0.256. The molecular formula is C14H12BrClMgO. The average Bonchev–Trinajstić information content (AvgIpc) is 2.31. The molecule has 0 saturated carbocycles. The maximum Gasteiger partial charge on any atom is 2.00 e. The maximum absolute atomic E-state index is 12.6. The molecule has 2 rings (SSSR count).